The summed E-state index contributed by atoms with van der Waals surface area (Å²) in [6.45, 7) is 2.60. The average Bonchev–Trinajstić information content (AvgIpc) is 2.34. The van der Waals surface area contributed by atoms with Crippen LogP contribution in [0.4, 0.5) is 4.39 Å². The molecule has 0 spiro atoms. The van der Waals surface area contributed by atoms with Gasteiger partial charge in [0.2, 0.25) is 0 Å². The van der Waals surface area contributed by atoms with E-state index in [9.17, 15) is 4.39 Å². The second kappa shape index (κ2) is 6.12. The molecule has 3 heteroatoms. The van der Waals surface area contributed by atoms with E-state index < -0.39 is 0 Å². The molecule has 2 rings (SSSR count). The van der Waals surface area contributed by atoms with Crippen molar-refractivity contribution in [3.63, 3.8) is 0 Å². The highest BCUT2D eigenvalue weighted by Crippen LogP contribution is 2.20. The van der Waals surface area contributed by atoms with E-state index in [1.165, 1.54) is 0 Å². The van der Waals surface area contributed by atoms with E-state index in [-0.39, 0.29) is 5.82 Å². The third-order valence-electron chi connectivity index (χ3n) is 3.40. The number of methoxy groups -OCH3 is 1. The van der Waals surface area contributed by atoms with Crippen LogP contribution in [0.25, 0.3) is 0 Å². The highest BCUT2D eigenvalue weighted by molar-refractivity contribution is 5.24. The van der Waals surface area contributed by atoms with Crippen LogP contribution in [0.2, 0.25) is 0 Å². The van der Waals surface area contributed by atoms with Crippen LogP contribution in [-0.2, 0) is 17.8 Å². The lowest BCUT2D eigenvalue weighted by molar-refractivity contribution is 0.184. The molecule has 1 N–H and O–H groups in total. The molecule has 1 saturated heterocycles. The molecule has 1 aliphatic heterocycles. The van der Waals surface area contributed by atoms with Crippen LogP contribution < -0.4 is 5.32 Å². The van der Waals surface area contributed by atoms with E-state index in [1.807, 2.05) is 12.1 Å². The first-order chi connectivity index (χ1) is 8.29. The maximum atomic E-state index is 13.9. The van der Waals surface area contributed by atoms with Gasteiger partial charge in [-0.1, -0.05) is 12.1 Å². The fourth-order valence-electron chi connectivity index (χ4n) is 2.41. The van der Waals surface area contributed by atoms with Crippen LogP contribution in [-0.4, -0.2) is 20.2 Å². The number of nitrogens with one attached hydrogen (secondary N) is 1. The van der Waals surface area contributed by atoms with Gasteiger partial charge in [0.25, 0.3) is 0 Å². The number of hydrogen-bond donors (Lipinski definition) is 1. The minimum Gasteiger partial charge on any atom is -0.380 e. The largest absolute Gasteiger partial charge is 0.380 e. The Balaban J connectivity index is 2.00. The number of piperidine rings is 1. The molecule has 0 saturated carbocycles. The van der Waals surface area contributed by atoms with E-state index in [0.717, 1.165) is 43.5 Å². The Bertz CT molecular complexity index is 361. The lowest BCUT2D eigenvalue weighted by Gasteiger charge is -2.22. The maximum Gasteiger partial charge on any atom is 0.126 e. The summed E-state index contributed by atoms with van der Waals surface area (Å²) in [5, 5.41) is 3.33. The molecular weight excluding hydrogens is 217 g/mol. The summed E-state index contributed by atoms with van der Waals surface area (Å²) in [5.41, 5.74) is 1.75. The first-order valence-electron chi connectivity index (χ1n) is 6.26. The Hall–Kier alpha value is -0.930. The van der Waals surface area contributed by atoms with E-state index in [0.29, 0.717) is 12.5 Å². The Morgan fingerprint density at radius 3 is 2.76 bits per heavy atom. The normalized spacial score (nSPS) is 17.3. The van der Waals surface area contributed by atoms with Gasteiger partial charge < -0.3 is 10.1 Å². The predicted molar refractivity (Wildman–Crippen MR) is 66.4 cm³/mol. The summed E-state index contributed by atoms with van der Waals surface area (Å²) in [4.78, 5) is 0. The lowest BCUT2D eigenvalue weighted by atomic mass is 9.90. The van der Waals surface area contributed by atoms with Crippen molar-refractivity contribution in [2.24, 2.45) is 5.92 Å². The highest BCUT2D eigenvalue weighted by atomic mass is 19.1. The van der Waals surface area contributed by atoms with Gasteiger partial charge in [-0.15, -0.1) is 0 Å². The minimum atomic E-state index is -0.0851. The smallest absolute Gasteiger partial charge is 0.126 e. The molecule has 1 fully saturated rings. The number of ether oxygens (including phenoxy) is 1. The molecule has 94 valence electrons. The second-order valence-electron chi connectivity index (χ2n) is 4.76. The Kier molecular flexibility index (Phi) is 4.51. The van der Waals surface area contributed by atoms with Crippen molar-refractivity contribution in [1.82, 2.24) is 5.32 Å². The van der Waals surface area contributed by atoms with Gasteiger partial charge in [0, 0.05) is 7.11 Å². The summed E-state index contributed by atoms with van der Waals surface area (Å²) in [6.07, 6.45) is 3.17. The molecule has 17 heavy (non-hydrogen) atoms. The van der Waals surface area contributed by atoms with Gasteiger partial charge >= 0.3 is 0 Å². The molecule has 0 radical (unpaired) electrons. The van der Waals surface area contributed by atoms with E-state index >= 15 is 0 Å². The fourth-order valence-corrected chi connectivity index (χ4v) is 2.41. The molecule has 0 unspecified atom stereocenters. The topological polar surface area (TPSA) is 21.3 Å². The number of hydrogen-bond acceptors (Lipinski definition) is 2. The molecule has 2 nitrogen and oxygen atoms in total. The molecule has 0 atom stereocenters. The second-order valence-corrected chi connectivity index (χ2v) is 4.76. The molecule has 0 aliphatic carbocycles. The van der Waals surface area contributed by atoms with E-state index in [2.05, 4.69) is 5.32 Å². The highest BCUT2D eigenvalue weighted by Gasteiger charge is 2.15. The number of halogens is 1. The van der Waals surface area contributed by atoms with Crippen molar-refractivity contribution < 1.29 is 9.13 Å². The van der Waals surface area contributed by atoms with Crippen LogP contribution in [0.5, 0.6) is 0 Å². The van der Waals surface area contributed by atoms with Crippen LogP contribution in [0.15, 0.2) is 18.2 Å². The van der Waals surface area contributed by atoms with Gasteiger partial charge in [0.05, 0.1) is 6.61 Å². The fraction of sp³-hybridized carbons (Fsp3) is 0.571. The zero-order chi connectivity index (χ0) is 12.1. The van der Waals surface area contributed by atoms with E-state index in [1.54, 1.807) is 13.2 Å². The van der Waals surface area contributed by atoms with Gasteiger partial charge in [-0.2, -0.15) is 0 Å². The third kappa shape index (κ3) is 3.51. The maximum absolute atomic E-state index is 13.9. The quantitative estimate of drug-likeness (QED) is 0.868. The van der Waals surface area contributed by atoms with Gasteiger partial charge in [-0.25, -0.2) is 4.39 Å². The van der Waals surface area contributed by atoms with Gasteiger partial charge in [-0.3, -0.25) is 0 Å². The first kappa shape index (κ1) is 12.5. The van der Waals surface area contributed by atoms with Crippen LogP contribution in [0.3, 0.4) is 0 Å². The molecule has 1 aromatic rings. The Labute approximate surface area is 102 Å². The molecule has 0 amide bonds. The molecule has 1 aliphatic rings. The SMILES string of the molecule is COCc1ccc(CC2CCNCC2)c(F)c1. The monoisotopic (exact) mass is 237 g/mol. The summed E-state index contributed by atoms with van der Waals surface area (Å²) in [5.74, 6) is 0.539. The van der Waals surface area contributed by atoms with Gasteiger partial charge in [0.15, 0.2) is 0 Å². The van der Waals surface area contributed by atoms with Crippen molar-refractivity contribution in [2.45, 2.75) is 25.9 Å². The van der Waals surface area contributed by atoms with Crippen molar-refractivity contribution in [2.75, 3.05) is 20.2 Å². The first-order valence-corrected chi connectivity index (χ1v) is 6.26. The summed E-state index contributed by atoms with van der Waals surface area (Å²) in [7, 11) is 1.63. The zero-order valence-corrected chi connectivity index (χ0v) is 10.3. The average molecular weight is 237 g/mol. The van der Waals surface area contributed by atoms with Crippen molar-refractivity contribution in [3.8, 4) is 0 Å². The summed E-state index contributed by atoms with van der Waals surface area (Å²) >= 11 is 0. The Morgan fingerprint density at radius 1 is 1.35 bits per heavy atom. The van der Waals surface area contributed by atoms with Crippen LogP contribution in [0.1, 0.15) is 24.0 Å². The minimum absolute atomic E-state index is 0.0851. The van der Waals surface area contributed by atoms with Crippen molar-refractivity contribution in [1.29, 1.82) is 0 Å². The molecule has 0 aromatic heterocycles. The summed E-state index contributed by atoms with van der Waals surface area (Å²) < 4.78 is 18.9. The number of benzene rings is 1. The molecule has 1 heterocycles. The Morgan fingerprint density at radius 2 is 2.12 bits per heavy atom. The molecular formula is C14H20FNO. The molecule has 0 bridgehead atoms. The summed E-state index contributed by atoms with van der Waals surface area (Å²) in [6, 6.07) is 5.47. The predicted octanol–water partition coefficient (Wildman–Crippen LogP) is 2.51. The number of rotatable bonds is 4. The van der Waals surface area contributed by atoms with Crippen molar-refractivity contribution in [3.05, 3.63) is 35.1 Å². The molecule has 1 aromatic carbocycles. The standard InChI is InChI=1S/C14H20FNO/c1-17-10-12-2-3-13(14(15)9-12)8-11-4-6-16-7-5-11/h2-3,9,11,16H,4-8,10H2,1H3. The van der Waals surface area contributed by atoms with Gasteiger partial charge in [-0.05, 0) is 55.5 Å². The van der Waals surface area contributed by atoms with Crippen LogP contribution in [0, 0.1) is 11.7 Å². The van der Waals surface area contributed by atoms with Crippen LogP contribution >= 0.6 is 0 Å². The van der Waals surface area contributed by atoms with Crippen molar-refractivity contribution >= 4 is 0 Å². The lowest BCUT2D eigenvalue weighted by Crippen LogP contribution is -2.28. The van der Waals surface area contributed by atoms with Gasteiger partial charge in [0.1, 0.15) is 5.82 Å². The van der Waals surface area contributed by atoms with E-state index in [4.69, 9.17) is 4.74 Å². The third-order valence-corrected chi connectivity index (χ3v) is 3.40. The zero-order valence-electron chi connectivity index (χ0n) is 10.3.